The molecule has 0 N–H and O–H groups in total. The summed E-state index contributed by atoms with van der Waals surface area (Å²) in [5, 5.41) is 0. The summed E-state index contributed by atoms with van der Waals surface area (Å²) in [5.41, 5.74) is 2.97. The third-order valence-corrected chi connectivity index (χ3v) is 3.63. The zero-order valence-corrected chi connectivity index (χ0v) is 11.6. The van der Waals surface area contributed by atoms with E-state index in [9.17, 15) is 9.18 Å². The van der Waals surface area contributed by atoms with E-state index >= 15 is 0 Å². The van der Waals surface area contributed by atoms with E-state index < -0.39 is 5.95 Å². The Morgan fingerprint density at radius 3 is 2.29 bits per heavy atom. The first kappa shape index (κ1) is 13.6. The second-order valence-corrected chi connectivity index (χ2v) is 5.10. The summed E-state index contributed by atoms with van der Waals surface area (Å²) in [6.45, 7) is 0.475. The van der Waals surface area contributed by atoms with Gasteiger partial charge in [-0.25, -0.2) is 0 Å². The molecule has 1 fully saturated rings. The van der Waals surface area contributed by atoms with Crippen LogP contribution in [0, 0.1) is 0 Å². The van der Waals surface area contributed by atoms with Crippen LogP contribution in [0.4, 0.5) is 4.39 Å². The van der Waals surface area contributed by atoms with Crippen molar-refractivity contribution in [3.8, 4) is 11.1 Å². The van der Waals surface area contributed by atoms with Crippen LogP contribution in [0.3, 0.4) is 0 Å². The van der Waals surface area contributed by atoms with Crippen molar-refractivity contribution < 1.29 is 9.18 Å². The highest BCUT2D eigenvalue weighted by Gasteiger charge is 2.23. The predicted molar refractivity (Wildman–Crippen MR) is 81.9 cm³/mol. The van der Waals surface area contributed by atoms with Crippen LogP contribution in [0.5, 0.6) is 0 Å². The Kier molecular flexibility index (Phi) is 3.82. The van der Waals surface area contributed by atoms with Gasteiger partial charge in [0, 0.05) is 13.0 Å². The van der Waals surface area contributed by atoms with Gasteiger partial charge in [-0.05, 0) is 29.2 Å². The third kappa shape index (κ3) is 3.02. The van der Waals surface area contributed by atoms with Crippen LogP contribution in [-0.2, 0) is 4.79 Å². The molecule has 0 radical (unpaired) electrons. The Morgan fingerprint density at radius 2 is 1.67 bits per heavy atom. The maximum Gasteiger partial charge on any atom is 0.228 e. The van der Waals surface area contributed by atoms with Gasteiger partial charge in [0.1, 0.15) is 0 Å². The van der Waals surface area contributed by atoms with Crippen molar-refractivity contribution >= 4 is 12.0 Å². The molecule has 0 bridgehead atoms. The highest BCUT2D eigenvalue weighted by molar-refractivity contribution is 5.80. The Labute approximate surface area is 123 Å². The molecule has 1 aliphatic heterocycles. The lowest BCUT2D eigenvalue weighted by molar-refractivity contribution is -0.126. The Bertz CT molecular complexity index is 661. The Balaban J connectivity index is 1.80. The van der Waals surface area contributed by atoms with E-state index in [0.29, 0.717) is 13.0 Å². The second-order valence-electron chi connectivity index (χ2n) is 5.10. The first-order valence-corrected chi connectivity index (χ1v) is 7.07. The molecule has 0 aromatic heterocycles. The van der Waals surface area contributed by atoms with Gasteiger partial charge in [0.15, 0.2) is 5.95 Å². The van der Waals surface area contributed by atoms with Crippen LogP contribution in [0.1, 0.15) is 18.4 Å². The molecule has 2 aromatic carbocycles. The van der Waals surface area contributed by atoms with Crippen molar-refractivity contribution in [2.24, 2.45) is 0 Å². The molecule has 1 heterocycles. The minimum Gasteiger partial charge on any atom is -0.289 e. The predicted octanol–water partition coefficient (Wildman–Crippen LogP) is 4.24. The maximum absolute atomic E-state index is 14.0. The lowest BCUT2D eigenvalue weighted by Gasteiger charge is -2.12. The van der Waals surface area contributed by atoms with Gasteiger partial charge in [-0.15, -0.1) is 0 Å². The SMILES string of the molecule is O=C1CCCN1C(F)=Cc1ccc(-c2ccccc2)cc1. The molecule has 0 unspecified atom stereocenters. The number of nitrogens with zero attached hydrogens (tertiary/aromatic N) is 1. The number of hydrogen-bond acceptors (Lipinski definition) is 1. The van der Waals surface area contributed by atoms with Crippen molar-refractivity contribution in [3.63, 3.8) is 0 Å². The van der Waals surface area contributed by atoms with Crippen molar-refractivity contribution in [2.75, 3.05) is 6.54 Å². The van der Waals surface area contributed by atoms with Crippen molar-refractivity contribution in [1.29, 1.82) is 0 Å². The van der Waals surface area contributed by atoms with E-state index in [1.165, 1.54) is 11.0 Å². The number of carbonyl (C=O) groups excluding carboxylic acids is 1. The standard InChI is InChI=1S/C18H16FNO/c19-17(20-12-4-7-18(20)21)13-14-8-10-16(11-9-14)15-5-2-1-3-6-15/h1-3,5-6,8-11,13H,4,7,12H2. The monoisotopic (exact) mass is 281 g/mol. The summed E-state index contributed by atoms with van der Waals surface area (Å²) in [6.07, 6.45) is 2.58. The Hall–Kier alpha value is -2.42. The van der Waals surface area contributed by atoms with E-state index in [4.69, 9.17) is 0 Å². The van der Waals surface area contributed by atoms with Crippen molar-refractivity contribution in [2.45, 2.75) is 12.8 Å². The first-order valence-electron chi connectivity index (χ1n) is 7.07. The van der Waals surface area contributed by atoms with E-state index in [0.717, 1.165) is 23.1 Å². The van der Waals surface area contributed by atoms with Crippen LogP contribution in [0.2, 0.25) is 0 Å². The number of amides is 1. The minimum absolute atomic E-state index is 0.135. The number of likely N-dealkylation sites (tertiary alicyclic amines) is 1. The molecule has 0 spiro atoms. The fourth-order valence-corrected chi connectivity index (χ4v) is 2.49. The molecule has 0 aliphatic carbocycles. The smallest absolute Gasteiger partial charge is 0.228 e. The van der Waals surface area contributed by atoms with Gasteiger partial charge >= 0.3 is 0 Å². The molecular weight excluding hydrogens is 265 g/mol. The zero-order valence-electron chi connectivity index (χ0n) is 11.6. The number of carbonyl (C=O) groups is 1. The number of halogens is 1. The van der Waals surface area contributed by atoms with Crippen LogP contribution < -0.4 is 0 Å². The summed E-state index contributed by atoms with van der Waals surface area (Å²) >= 11 is 0. The highest BCUT2D eigenvalue weighted by Crippen LogP contribution is 2.22. The summed E-state index contributed by atoms with van der Waals surface area (Å²) in [6, 6.07) is 17.7. The van der Waals surface area contributed by atoms with Crippen molar-refractivity contribution in [1.82, 2.24) is 4.90 Å². The molecular formula is C18H16FNO. The van der Waals surface area contributed by atoms with Crippen LogP contribution in [0.15, 0.2) is 60.5 Å². The molecule has 3 heteroatoms. The van der Waals surface area contributed by atoms with Crippen molar-refractivity contribution in [3.05, 3.63) is 66.1 Å². The second kappa shape index (κ2) is 5.92. The van der Waals surface area contributed by atoms with E-state index in [-0.39, 0.29) is 5.91 Å². The average molecular weight is 281 g/mol. The quantitative estimate of drug-likeness (QED) is 0.770. The van der Waals surface area contributed by atoms with Gasteiger partial charge in [0.05, 0.1) is 0 Å². The fourth-order valence-electron chi connectivity index (χ4n) is 2.49. The van der Waals surface area contributed by atoms with Crippen LogP contribution in [-0.4, -0.2) is 17.4 Å². The lowest BCUT2D eigenvalue weighted by Crippen LogP contribution is -2.21. The Morgan fingerprint density at radius 1 is 1.00 bits per heavy atom. The van der Waals surface area contributed by atoms with Gasteiger partial charge in [-0.1, -0.05) is 54.6 Å². The molecule has 1 saturated heterocycles. The minimum atomic E-state index is -0.468. The number of benzene rings is 2. The molecule has 21 heavy (non-hydrogen) atoms. The van der Waals surface area contributed by atoms with Crippen LogP contribution in [0.25, 0.3) is 17.2 Å². The molecule has 106 valence electrons. The normalized spacial score (nSPS) is 15.6. The number of hydrogen-bond donors (Lipinski definition) is 0. The van der Waals surface area contributed by atoms with Gasteiger partial charge in [0.25, 0.3) is 0 Å². The largest absolute Gasteiger partial charge is 0.289 e. The van der Waals surface area contributed by atoms with E-state index in [1.807, 2.05) is 54.6 Å². The topological polar surface area (TPSA) is 20.3 Å². The lowest BCUT2D eigenvalue weighted by atomic mass is 10.0. The average Bonchev–Trinajstić information content (AvgIpc) is 2.95. The third-order valence-electron chi connectivity index (χ3n) is 3.63. The maximum atomic E-state index is 14.0. The van der Waals surface area contributed by atoms with Gasteiger partial charge in [-0.3, -0.25) is 9.69 Å². The summed E-state index contributed by atoms with van der Waals surface area (Å²) < 4.78 is 14.0. The molecule has 1 aliphatic rings. The molecule has 2 aromatic rings. The first-order chi connectivity index (χ1) is 10.2. The van der Waals surface area contributed by atoms with E-state index in [2.05, 4.69) is 0 Å². The molecule has 0 saturated carbocycles. The number of rotatable bonds is 3. The molecule has 2 nitrogen and oxygen atoms in total. The fraction of sp³-hybridized carbons (Fsp3) is 0.167. The van der Waals surface area contributed by atoms with Crippen LogP contribution >= 0.6 is 0 Å². The molecule has 0 atom stereocenters. The van der Waals surface area contributed by atoms with Gasteiger partial charge in [-0.2, -0.15) is 4.39 Å². The van der Waals surface area contributed by atoms with Gasteiger partial charge < -0.3 is 0 Å². The summed E-state index contributed by atoms with van der Waals surface area (Å²) in [7, 11) is 0. The van der Waals surface area contributed by atoms with Gasteiger partial charge in [0.2, 0.25) is 5.91 Å². The molecule has 3 rings (SSSR count). The highest BCUT2D eigenvalue weighted by atomic mass is 19.1. The molecule has 1 amide bonds. The van der Waals surface area contributed by atoms with E-state index in [1.54, 1.807) is 0 Å². The summed E-state index contributed by atoms with van der Waals surface area (Å²) in [5.74, 6) is -0.602. The zero-order chi connectivity index (χ0) is 14.7. The summed E-state index contributed by atoms with van der Waals surface area (Å²) in [4.78, 5) is 12.7.